The first-order valence-electron chi connectivity index (χ1n) is 15.8. The molecule has 2 bridgehead atoms. The van der Waals surface area contributed by atoms with E-state index in [-0.39, 0.29) is 54.5 Å². The fourth-order valence-electron chi connectivity index (χ4n) is 7.23. The Morgan fingerprint density at radius 1 is 1.27 bits per heavy atom. The first-order valence-corrected chi connectivity index (χ1v) is 14.7. The van der Waals surface area contributed by atoms with E-state index >= 15 is 4.39 Å². The second-order valence-corrected chi connectivity index (χ2v) is 12.1. The SMILES string of the molecule is [2H]C([2H])([2H])OC[C@@]12CC[C@@H](CN(c3nc(OC[C@@]45CCCN4C[C@H](F)C5)nc4c(F)c(Cl)ncc34)C1)N2C(=O)OCCCC. The monoisotopic (exact) mass is 597 g/mol. The molecule has 0 aromatic carbocycles. The van der Waals surface area contributed by atoms with Gasteiger partial charge in [-0.3, -0.25) is 9.80 Å². The Kier molecular flexibility index (Phi) is 6.86. The van der Waals surface area contributed by atoms with Gasteiger partial charge in [0.25, 0.3) is 0 Å². The molecule has 6 rings (SSSR count). The summed E-state index contributed by atoms with van der Waals surface area (Å²) in [6.45, 7) is 3.73. The predicted molar refractivity (Wildman–Crippen MR) is 149 cm³/mol. The minimum atomic E-state index is -2.67. The summed E-state index contributed by atoms with van der Waals surface area (Å²) in [6, 6.07) is -0.428. The second-order valence-electron chi connectivity index (χ2n) is 11.7. The number of pyridine rings is 1. The summed E-state index contributed by atoms with van der Waals surface area (Å²) in [6.07, 6.45) is 4.60. The van der Waals surface area contributed by atoms with Crippen LogP contribution in [0.4, 0.5) is 19.4 Å². The van der Waals surface area contributed by atoms with Crippen molar-refractivity contribution < 1.29 is 31.9 Å². The molecular weight excluding hydrogens is 558 g/mol. The minimum Gasteiger partial charge on any atom is -0.461 e. The maximum absolute atomic E-state index is 15.4. The fourth-order valence-corrected chi connectivity index (χ4v) is 7.36. The molecule has 0 N–H and O–H groups in total. The molecular formula is C28H37ClF2N6O4. The van der Waals surface area contributed by atoms with Crippen LogP contribution in [0.25, 0.3) is 10.9 Å². The van der Waals surface area contributed by atoms with Gasteiger partial charge in [0.05, 0.1) is 39.8 Å². The van der Waals surface area contributed by atoms with E-state index in [1.807, 2.05) is 11.8 Å². The highest BCUT2D eigenvalue weighted by atomic mass is 35.5. The van der Waals surface area contributed by atoms with Gasteiger partial charge in [0.1, 0.15) is 24.1 Å². The summed E-state index contributed by atoms with van der Waals surface area (Å²) < 4.78 is 69.7. The zero-order chi connectivity index (χ0) is 31.3. The quantitative estimate of drug-likeness (QED) is 0.308. The van der Waals surface area contributed by atoms with E-state index in [0.717, 1.165) is 25.8 Å². The van der Waals surface area contributed by atoms with Crippen LogP contribution in [0.15, 0.2) is 6.20 Å². The first kappa shape index (κ1) is 25.0. The van der Waals surface area contributed by atoms with Gasteiger partial charge < -0.3 is 19.1 Å². The molecule has 224 valence electrons. The number of halogens is 3. The third kappa shape index (κ3) is 5.05. The Labute approximate surface area is 247 Å². The van der Waals surface area contributed by atoms with E-state index in [1.165, 1.54) is 6.20 Å². The van der Waals surface area contributed by atoms with Crippen molar-refractivity contribution in [3.05, 3.63) is 17.2 Å². The summed E-state index contributed by atoms with van der Waals surface area (Å²) >= 11 is 6.04. The summed E-state index contributed by atoms with van der Waals surface area (Å²) in [5.74, 6) is -0.516. The highest BCUT2D eigenvalue weighted by Crippen LogP contribution is 2.43. The number of aromatic nitrogens is 3. The summed E-state index contributed by atoms with van der Waals surface area (Å²) in [5.41, 5.74) is -1.59. The van der Waals surface area contributed by atoms with Crippen molar-refractivity contribution in [1.82, 2.24) is 24.8 Å². The number of amides is 1. The third-order valence-corrected chi connectivity index (χ3v) is 9.39. The number of methoxy groups -OCH3 is 1. The Balaban J connectivity index is 1.34. The number of fused-ring (bicyclic) bond motifs is 4. The Bertz CT molecular complexity index is 1410. The average molecular weight is 598 g/mol. The van der Waals surface area contributed by atoms with Crippen molar-refractivity contribution in [2.24, 2.45) is 0 Å². The largest absolute Gasteiger partial charge is 0.461 e. The molecule has 41 heavy (non-hydrogen) atoms. The number of hydrogen-bond donors (Lipinski definition) is 0. The summed E-state index contributed by atoms with van der Waals surface area (Å²) in [5, 5.41) is -0.0677. The number of piperazine rings is 1. The highest BCUT2D eigenvalue weighted by molar-refractivity contribution is 6.30. The predicted octanol–water partition coefficient (Wildman–Crippen LogP) is 4.38. The van der Waals surface area contributed by atoms with Gasteiger partial charge in [-0.15, -0.1) is 0 Å². The number of anilines is 1. The number of nitrogens with zero attached hydrogens (tertiary/aromatic N) is 6. The van der Waals surface area contributed by atoms with Crippen LogP contribution in [0.1, 0.15) is 56.0 Å². The van der Waals surface area contributed by atoms with Gasteiger partial charge in [-0.1, -0.05) is 24.9 Å². The van der Waals surface area contributed by atoms with Crippen molar-refractivity contribution in [1.29, 1.82) is 0 Å². The third-order valence-electron chi connectivity index (χ3n) is 9.13. The van der Waals surface area contributed by atoms with E-state index in [4.69, 9.17) is 34.9 Å². The van der Waals surface area contributed by atoms with Crippen molar-refractivity contribution in [3.63, 3.8) is 0 Å². The van der Waals surface area contributed by atoms with Gasteiger partial charge in [0.15, 0.2) is 11.0 Å². The minimum absolute atomic E-state index is 0.0814. The molecule has 0 saturated carbocycles. The first-order chi connectivity index (χ1) is 20.9. The zero-order valence-electron chi connectivity index (χ0n) is 26.1. The maximum Gasteiger partial charge on any atom is 0.410 e. The van der Waals surface area contributed by atoms with Gasteiger partial charge in [0, 0.05) is 39.3 Å². The lowest BCUT2D eigenvalue weighted by atomic mass is 9.95. The average Bonchev–Trinajstić information content (AvgIpc) is 3.58. The molecule has 10 nitrogen and oxygen atoms in total. The summed E-state index contributed by atoms with van der Waals surface area (Å²) in [7, 11) is -2.67. The Hall–Kier alpha value is -2.57. The van der Waals surface area contributed by atoms with Crippen molar-refractivity contribution in [2.75, 3.05) is 57.9 Å². The van der Waals surface area contributed by atoms with Gasteiger partial charge in [0.2, 0.25) is 0 Å². The number of rotatable bonds is 9. The van der Waals surface area contributed by atoms with Crippen LogP contribution < -0.4 is 9.64 Å². The lowest BCUT2D eigenvalue weighted by molar-refractivity contribution is 0.00462. The van der Waals surface area contributed by atoms with Crippen LogP contribution in [0.3, 0.4) is 0 Å². The van der Waals surface area contributed by atoms with Crippen molar-refractivity contribution in [2.45, 2.75) is 75.2 Å². The number of hydrogen-bond acceptors (Lipinski definition) is 9. The van der Waals surface area contributed by atoms with Crippen molar-refractivity contribution in [3.8, 4) is 6.01 Å². The van der Waals surface area contributed by atoms with Crippen molar-refractivity contribution >= 4 is 34.4 Å². The molecule has 13 heteroatoms. The molecule has 4 aliphatic rings. The molecule has 4 fully saturated rings. The number of carbonyl (C=O) groups excluding carboxylic acids is 1. The molecule has 0 radical (unpaired) electrons. The van der Waals surface area contributed by atoms with Gasteiger partial charge in [-0.2, -0.15) is 9.97 Å². The molecule has 0 spiro atoms. The molecule has 6 heterocycles. The number of ether oxygens (including phenoxy) is 3. The van der Waals surface area contributed by atoms with Crippen LogP contribution in [0.5, 0.6) is 6.01 Å². The van der Waals surface area contributed by atoms with E-state index in [1.54, 1.807) is 4.90 Å². The molecule has 2 aromatic rings. The lowest BCUT2D eigenvalue weighted by Gasteiger charge is -2.48. The van der Waals surface area contributed by atoms with Crippen LogP contribution in [0.2, 0.25) is 5.15 Å². The van der Waals surface area contributed by atoms with E-state index in [0.29, 0.717) is 44.6 Å². The molecule has 0 aliphatic carbocycles. The summed E-state index contributed by atoms with van der Waals surface area (Å²) in [4.78, 5) is 31.9. The second kappa shape index (κ2) is 11.3. The zero-order valence-corrected chi connectivity index (χ0v) is 23.8. The smallest absolute Gasteiger partial charge is 0.410 e. The molecule has 4 atom stereocenters. The van der Waals surface area contributed by atoms with Crippen LogP contribution in [-0.4, -0.2) is 107 Å². The van der Waals surface area contributed by atoms with E-state index in [9.17, 15) is 9.18 Å². The molecule has 1 amide bonds. The Morgan fingerprint density at radius 3 is 2.98 bits per heavy atom. The number of alkyl halides is 1. The van der Waals surface area contributed by atoms with Crippen LogP contribution in [0, 0.1) is 5.82 Å². The normalized spacial score (nSPS) is 30.8. The molecule has 4 aliphatic heterocycles. The van der Waals surface area contributed by atoms with E-state index in [2.05, 4.69) is 14.9 Å². The lowest BCUT2D eigenvalue weighted by Crippen LogP contribution is -2.65. The number of carbonyl (C=O) groups is 1. The van der Waals surface area contributed by atoms with E-state index < -0.39 is 36.2 Å². The highest BCUT2D eigenvalue weighted by Gasteiger charge is 2.55. The maximum atomic E-state index is 15.4. The number of unbranched alkanes of at least 4 members (excludes halogenated alkanes) is 1. The fraction of sp³-hybridized carbons (Fsp3) is 0.714. The topological polar surface area (TPSA) is 93.2 Å². The standard InChI is InChI=1S/C28H37ClF2N6O4/c1-3-4-10-40-26(38)37-19-6-8-28(37,16-39-2)15-35(14-19)24-20-12-32-23(29)21(31)22(20)33-25(34-24)41-17-27-7-5-9-36(27)13-18(30)11-27/h12,18-19H,3-11,13-17H2,1-2H3/t18-,19+,27+,28-/m1/s1/i2D3. The molecule has 4 saturated heterocycles. The van der Waals surface area contributed by atoms with Gasteiger partial charge in [-0.25, -0.2) is 18.6 Å². The van der Waals surface area contributed by atoms with Gasteiger partial charge in [-0.05, 0) is 38.6 Å². The molecule has 0 unspecified atom stereocenters. The van der Waals surface area contributed by atoms with Gasteiger partial charge >= 0.3 is 12.1 Å². The molecule has 2 aromatic heterocycles. The van der Waals surface area contributed by atoms with Crippen LogP contribution in [-0.2, 0) is 9.47 Å². The van der Waals surface area contributed by atoms with Crippen LogP contribution >= 0.6 is 11.6 Å². The Morgan fingerprint density at radius 2 is 2.15 bits per heavy atom.